The van der Waals surface area contributed by atoms with E-state index in [-0.39, 0.29) is 0 Å². The van der Waals surface area contributed by atoms with Crippen molar-refractivity contribution in [2.45, 2.75) is 26.2 Å². The lowest BCUT2D eigenvalue weighted by atomic mass is 10.1. The first kappa shape index (κ1) is 11.5. The second-order valence-electron chi connectivity index (χ2n) is 4.90. The van der Waals surface area contributed by atoms with Crippen LogP contribution in [-0.4, -0.2) is 13.2 Å². The van der Waals surface area contributed by atoms with Crippen LogP contribution in [0.25, 0.3) is 0 Å². The Morgan fingerprint density at radius 1 is 1.19 bits per heavy atom. The zero-order chi connectivity index (χ0) is 11.4. The molecule has 1 aliphatic carbocycles. The Morgan fingerprint density at radius 2 is 1.88 bits per heavy atom. The third-order valence-electron chi connectivity index (χ3n) is 3.49. The van der Waals surface area contributed by atoms with Gasteiger partial charge in [0.05, 0.1) is 6.61 Å². The van der Waals surface area contributed by atoms with E-state index in [4.69, 9.17) is 10.5 Å². The van der Waals surface area contributed by atoms with Crippen molar-refractivity contribution >= 4 is 0 Å². The van der Waals surface area contributed by atoms with Crippen molar-refractivity contribution in [3.63, 3.8) is 0 Å². The van der Waals surface area contributed by atoms with Gasteiger partial charge in [-0.15, -0.1) is 0 Å². The lowest BCUT2D eigenvalue weighted by Crippen LogP contribution is -2.13. The highest BCUT2D eigenvalue weighted by Crippen LogP contribution is 2.30. The number of ether oxygens (including phenoxy) is 1. The molecule has 2 atom stereocenters. The van der Waals surface area contributed by atoms with Gasteiger partial charge in [-0.05, 0) is 56.7 Å². The maximum atomic E-state index is 5.80. The largest absolute Gasteiger partial charge is 0.493 e. The molecule has 16 heavy (non-hydrogen) atoms. The van der Waals surface area contributed by atoms with Gasteiger partial charge in [-0.3, -0.25) is 0 Å². The van der Waals surface area contributed by atoms with Crippen LogP contribution in [0.1, 0.15) is 24.8 Å². The summed E-state index contributed by atoms with van der Waals surface area (Å²) in [5, 5.41) is 0. The monoisotopic (exact) mass is 219 g/mol. The summed E-state index contributed by atoms with van der Waals surface area (Å²) in [6, 6.07) is 8.27. The quantitative estimate of drug-likeness (QED) is 0.845. The van der Waals surface area contributed by atoms with E-state index in [1.807, 2.05) is 12.1 Å². The van der Waals surface area contributed by atoms with Gasteiger partial charge in [-0.1, -0.05) is 17.7 Å². The molecular formula is C14H21NO. The highest BCUT2D eigenvalue weighted by molar-refractivity contribution is 5.26. The van der Waals surface area contributed by atoms with E-state index < -0.39 is 0 Å². The van der Waals surface area contributed by atoms with Crippen molar-refractivity contribution in [2.75, 3.05) is 13.2 Å². The van der Waals surface area contributed by atoms with Gasteiger partial charge in [0.15, 0.2) is 0 Å². The number of hydrogen-bond donors (Lipinski definition) is 1. The van der Waals surface area contributed by atoms with Crippen LogP contribution in [0, 0.1) is 18.8 Å². The minimum absolute atomic E-state index is 0.704. The van der Waals surface area contributed by atoms with Crippen LogP contribution < -0.4 is 10.5 Å². The molecule has 0 radical (unpaired) electrons. The predicted molar refractivity (Wildman–Crippen MR) is 66.6 cm³/mol. The van der Waals surface area contributed by atoms with Crippen LogP contribution in [0.4, 0.5) is 0 Å². The highest BCUT2D eigenvalue weighted by Gasteiger charge is 2.23. The van der Waals surface area contributed by atoms with Crippen LogP contribution in [0.5, 0.6) is 5.75 Å². The summed E-state index contributed by atoms with van der Waals surface area (Å²) < 4.78 is 5.80. The fraction of sp³-hybridized carbons (Fsp3) is 0.571. The second kappa shape index (κ2) is 5.35. The van der Waals surface area contributed by atoms with Gasteiger partial charge < -0.3 is 10.5 Å². The first-order valence-electron chi connectivity index (χ1n) is 6.17. The van der Waals surface area contributed by atoms with Crippen molar-refractivity contribution < 1.29 is 4.74 Å². The molecule has 2 rings (SSSR count). The molecule has 1 fully saturated rings. The number of aryl methyl sites for hydroxylation is 1. The van der Waals surface area contributed by atoms with Crippen LogP contribution in [0.2, 0.25) is 0 Å². The van der Waals surface area contributed by atoms with Crippen molar-refractivity contribution in [1.82, 2.24) is 0 Å². The molecule has 0 amide bonds. The molecule has 0 bridgehead atoms. The summed E-state index contributed by atoms with van der Waals surface area (Å²) >= 11 is 0. The maximum absolute atomic E-state index is 5.80. The third kappa shape index (κ3) is 2.99. The minimum atomic E-state index is 0.704. The van der Waals surface area contributed by atoms with Crippen LogP contribution in [0.3, 0.4) is 0 Å². The topological polar surface area (TPSA) is 35.2 Å². The lowest BCUT2D eigenvalue weighted by Gasteiger charge is -2.12. The van der Waals surface area contributed by atoms with Gasteiger partial charge in [0.25, 0.3) is 0 Å². The number of benzene rings is 1. The maximum Gasteiger partial charge on any atom is 0.119 e. The first-order valence-corrected chi connectivity index (χ1v) is 6.17. The molecule has 88 valence electrons. The zero-order valence-electron chi connectivity index (χ0n) is 9.99. The molecule has 0 heterocycles. The smallest absolute Gasteiger partial charge is 0.119 e. The molecule has 2 nitrogen and oxygen atoms in total. The van der Waals surface area contributed by atoms with E-state index in [1.54, 1.807) is 0 Å². The van der Waals surface area contributed by atoms with Gasteiger partial charge in [-0.2, -0.15) is 0 Å². The Labute approximate surface area is 97.8 Å². The summed E-state index contributed by atoms with van der Waals surface area (Å²) in [7, 11) is 0. The molecule has 0 aromatic heterocycles. The summed E-state index contributed by atoms with van der Waals surface area (Å²) in [5.74, 6) is 2.42. The fourth-order valence-corrected chi connectivity index (χ4v) is 2.39. The Balaban J connectivity index is 1.77. The Hall–Kier alpha value is -1.02. The molecule has 2 N–H and O–H groups in total. The molecule has 1 aromatic carbocycles. The van der Waals surface area contributed by atoms with E-state index in [0.29, 0.717) is 5.92 Å². The first-order chi connectivity index (χ1) is 7.78. The molecule has 1 aromatic rings. The Kier molecular flexibility index (Phi) is 3.83. The fourth-order valence-electron chi connectivity index (χ4n) is 2.39. The molecule has 1 aliphatic rings. The van der Waals surface area contributed by atoms with E-state index in [1.165, 1.54) is 24.8 Å². The minimum Gasteiger partial charge on any atom is -0.493 e. The SMILES string of the molecule is Cc1ccc(OC[C@H]2CC[C@@H](CN)C2)cc1. The molecule has 0 saturated heterocycles. The number of rotatable bonds is 4. The summed E-state index contributed by atoms with van der Waals surface area (Å²) in [6.45, 7) is 3.77. The average molecular weight is 219 g/mol. The predicted octanol–water partition coefficient (Wildman–Crippen LogP) is 2.75. The average Bonchev–Trinajstić information content (AvgIpc) is 2.76. The third-order valence-corrected chi connectivity index (χ3v) is 3.49. The summed E-state index contributed by atoms with van der Waals surface area (Å²) in [4.78, 5) is 0. The van der Waals surface area contributed by atoms with E-state index in [9.17, 15) is 0 Å². The standard InChI is InChI=1S/C14H21NO/c1-11-2-6-14(7-3-11)16-10-13-5-4-12(8-13)9-15/h2-3,6-7,12-13H,4-5,8-10,15H2,1H3/t12-,13+/m1/s1. The molecular weight excluding hydrogens is 198 g/mol. The molecule has 0 unspecified atom stereocenters. The van der Waals surface area contributed by atoms with Crippen LogP contribution >= 0.6 is 0 Å². The van der Waals surface area contributed by atoms with Gasteiger partial charge in [-0.25, -0.2) is 0 Å². The van der Waals surface area contributed by atoms with E-state index >= 15 is 0 Å². The molecule has 0 spiro atoms. The van der Waals surface area contributed by atoms with E-state index in [2.05, 4.69) is 19.1 Å². The zero-order valence-corrected chi connectivity index (χ0v) is 9.99. The number of nitrogens with two attached hydrogens (primary N) is 1. The van der Waals surface area contributed by atoms with Crippen molar-refractivity contribution in [2.24, 2.45) is 17.6 Å². The number of hydrogen-bond acceptors (Lipinski definition) is 2. The van der Waals surface area contributed by atoms with Crippen LogP contribution in [0.15, 0.2) is 24.3 Å². The summed E-state index contributed by atoms with van der Waals surface area (Å²) in [5.41, 5.74) is 6.95. The summed E-state index contributed by atoms with van der Waals surface area (Å²) in [6.07, 6.45) is 3.79. The van der Waals surface area contributed by atoms with Gasteiger partial charge >= 0.3 is 0 Å². The van der Waals surface area contributed by atoms with Gasteiger partial charge in [0, 0.05) is 0 Å². The second-order valence-corrected chi connectivity index (χ2v) is 4.90. The van der Waals surface area contributed by atoms with Gasteiger partial charge in [0.2, 0.25) is 0 Å². The van der Waals surface area contributed by atoms with Gasteiger partial charge in [0.1, 0.15) is 5.75 Å². The van der Waals surface area contributed by atoms with Crippen molar-refractivity contribution in [1.29, 1.82) is 0 Å². The molecule has 1 saturated carbocycles. The van der Waals surface area contributed by atoms with E-state index in [0.717, 1.165) is 24.8 Å². The molecule has 2 heteroatoms. The Morgan fingerprint density at radius 3 is 2.50 bits per heavy atom. The van der Waals surface area contributed by atoms with Crippen LogP contribution in [-0.2, 0) is 0 Å². The van der Waals surface area contributed by atoms with Crippen molar-refractivity contribution in [3.05, 3.63) is 29.8 Å². The molecule has 0 aliphatic heterocycles. The lowest BCUT2D eigenvalue weighted by molar-refractivity contribution is 0.248. The normalized spacial score (nSPS) is 24.6. The Bertz CT molecular complexity index is 320. The van der Waals surface area contributed by atoms with Crippen molar-refractivity contribution in [3.8, 4) is 5.75 Å². The highest BCUT2D eigenvalue weighted by atomic mass is 16.5.